The number of nitrogens with one attached hydrogen (secondary N) is 2. The van der Waals surface area contributed by atoms with Crippen molar-refractivity contribution in [1.82, 2.24) is 14.9 Å². The molecule has 0 spiro atoms. The Kier molecular flexibility index (Phi) is 2.94. The molecule has 0 unspecified atom stereocenters. The van der Waals surface area contributed by atoms with E-state index in [0.29, 0.717) is 24.2 Å². The molecule has 0 aliphatic heterocycles. The molecule has 0 bridgehead atoms. The minimum absolute atomic E-state index is 0.0747. The Hall–Kier alpha value is -1.41. The van der Waals surface area contributed by atoms with Crippen LogP contribution in [0.3, 0.4) is 0 Å². The molecule has 1 aliphatic rings. The summed E-state index contributed by atoms with van der Waals surface area (Å²) in [5.74, 6) is -0.953. The standard InChI is InChI=1S/C10H15N3O4S/c1-6-8(7(2)13-12-6)18(16,17)11-5-10(3-4-10)9(14)15/h11H,3-5H2,1-2H3,(H,12,13)(H,14,15). The Morgan fingerprint density at radius 3 is 2.50 bits per heavy atom. The lowest BCUT2D eigenvalue weighted by atomic mass is 10.1. The molecular weight excluding hydrogens is 258 g/mol. The van der Waals surface area contributed by atoms with E-state index in [1.807, 2.05) is 0 Å². The van der Waals surface area contributed by atoms with Crippen molar-refractivity contribution in [2.24, 2.45) is 5.41 Å². The smallest absolute Gasteiger partial charge is 0.310 e. The van der Waals surface area contributed by atoms with Gasteiger partial charge in [-0.25, -0.2) is 13.1 Å². The maximum atomic E-state index is 12.1. The summed E-state index contributed by atoms with van der Waals surface area (Å²) in [5.41, 5.74) is -0.0983. The molecule has 1 saturated carbocycles. The van der Waals surface area contributed by atoms with E-state index in [1.165, 1.54) is 0 Å². The molecule has 100 valence electrons. The summed E-state index contributed by atoms with van der Waals surface area (Å²) in [6.07, 6.45) is 1.02. The Labute approximate surface area is 105 Å². The zero-order valence-electron chi connectivity index (χ0n) is 10.1. The largest absolute Gasteiger partial charge is 0.481 e. The number of sulfonamides is 1. The number of aryl methyl sites for hydroxylation is 2. The van der Waals surface area contributed by atoms with E-state index in [1.54, 1.807) is 13.8 Å². The van der Waals surface area contributed by atoms with E-state index >= 15 is 0 Å². The number of H-pyrrole nitrogens is 1. The third-order valence-corrected chi connectivity index (χ3v) is 4.90. The van der Waals surface area contributed by atoms with Gasteiger partial charge >= 0.3 is 5.97 Å². The molecule has 0 aromatic carbocycles. The van der Waals surface area contributed by atoms with Gasteiger partial charge in [-0.1, -0.05) is 0 Å². The van der Waals surface area contributed by atoms with E-state index in [-0.39, 0.29) is 11.4 Å². The molecule has 2 rings (SSSR count). The molecule has 1 aromatic rings. The lowest BCUT2D eigenvalue weighted by Crippen LogP contribution is -2.34. The number of aliphatic carboxylic acids is 1. The fourth-order valence-electron chi connectivity index (χ4n) is 1.86. The van der Waals surface area contributed by atoms with Gasteiger partial charge in [-0.05, 0) is 26.7 Å². The van der Waals surface area contributed by atoms with Crippen molar-refractivity contribution < 1.29 is 18.3 Å². The summed E-state index contributed by atoms with van der Waals surface area (Å²) in [5, 5.41) is 15.4. The number of carboxylic acids is 1. The number of rotatable bonds is 5. The molecule has 3 N–H and O–H groups in total. The van der Waals surface area contributed by atoms with Crippen molar-refractivity contribution in [1.29, 1.82) is 0 Å². The van der Waals surface area contributed by atoms with Gasteiger partial charge in [-0.15, -0.1) is 0 Å². The molecule has 0 saturated heterocycles. The predicted octanol–water partition coefficient (Wildman–Crippen LogP) is 0.170. The number of carbonyl (C=O) groups is 1. The molecule has 1 fully saturated rings. The van der Waals surface area contributed by atoms with Gasteiger partial charge in [0, 0.05) is 6.54 Å². The third kappa shape index (κ3) is 2.13. The van der Waals surface area contributed by atoms with Crippen LogP contribution in [0.15, 0.2) is 4.90 Å². The van der Waals surface area contributed by atoms with Crippen LogP contribution in [0.1, 0.15) is 24.2 Å². The number of aromatic amines is 1. The first-order valence-corrected chi connectivity index (χ1v) is 7.01. The third-order valence-electron chi connectivity index (χ3n) is 3.24. The highest BCUT2D eigenvalue weighted by atomic mass is 32.2. The fourth-order valence-corrected chi connectivity index (χ4v) is 3.35. The molecular formula is C10H15N3O4S. The zero-order chi connectivity index (χ0) is 13.6. The first kappa shape index (κ1) is 13.0. The maximum absolute atomic E-state index is 12.1. The SMILES string of the molecule is Cc1n[nH]c(C)c1S(=O)(=O)NCC1(C(=O)O)CC1. The van der Waals surface area contributed by atoms with Crippen molar-refractivity contribution in [2.45, 2.75) is 31.6 Å². The Morgan fingerprint density at radius 1 is 1.50 bits per heavy atom. The van der Waals surface area contributed by atoms with Crippen molar-refractivity contribution in [3.05, 3.63) is 11.4 Å². The van der Waals surface area contributed by atoms with Crippen molar-refractivity contribution in [3.63, 3.8) is 0 Å². The molecule has 7 nitrogen and oxygen atoms in total. The van der Waals surface area contributed by atoms with E-state index in [2.05, 4.69) is 14.9 Å². The maximum Gasteiger partial charge on any atom is 0.310 e. The highest BCUT2D eigenvalue weighted by Crippen LogP contribution is 2.45. The Balaban J connectivity index is 2.17. The van der Waals surface area contributed by atoms with Gasteiger partial charge in [0.05, 0.1) is 16.8 Å². The minimum Gasteiger partial charge on any atom is -0.481 e. The van der Waals surface area contributed by atoms with E-state index < -0.39 is 21.4 Å². The lowest BCUT2D eigenvalue weighted by Gasteiger charge is -2.11. The minimum atomic E-state index is -3.71. The van der Waals surface area contributed by atoms with Gasteiger partial charge in [-0.3, -0.25) is 9.89 Å². The van der Waals surface area contributed by atoms with Crippen molar-refractivity contribution >= 4 is 16.0 Å². The van der Waals surface area contributed by atoms with Crippen LogP contribution >= 0.6 is 0 Å². The quantitative estimate of drug-likeness (QED) is 0.708. The summed E-state index contributed by atoms with van der Waals surface area (Å²) in [4.78, 5) is 11.1. The van der Waals surface area contributed by atoms with Crippen LogP contribution in [0.4, 0.5) is 0 Å². The van der Waals surface area contributed by atoms with Crippen LogP contribution in [0, 0.1) is 19.3 Å². The lowest BCUT2D eigenvalue weighted by molar-refractivity contribution is -0.143. The summed E-state index contributed by atoms with van der Waals surface area (Å²) < 4.78 is 26.5. The molecule has 1 aromatic heterocycles. The van der Waals surface area contributed by atoms with Gasteiger partial charge in [-0.2, -0.15) is 5.10 Å². The number of aromatic nitrogens is 2. The van der Waals surface area contributed by atoms with Gasteiger partial charge in [0.15, 0.2) is 0 Å². The van der Waals surface area contributed by atoms with Crippen LogP contribution < -0.4 is 4.72 Å². The summed E-state index contributed by atoms with van der Waals surface area (Å²) >= 11 is 0. The number of hydrogen-bond donors (Lipinski definition) is 3. The topological polar surface area (TPSA) is 112 Å². The summed E-state index contributed by atoms with van der Waals surface area (Å²) in [6, 6.07) is 0. The normalized spacial score (nSPS) is 17.7. The Bertz CT molecular complexity index is 567. The zero-order valence-corrected chi connectivity index (χ0v) is 11.0. The number of nitrogens with zero attached hydrogens (tertiary/aromatic N) is 1. The molecule has 18 heavy (non-hydrogen) atoms. The summed E-state index contributed by atoms with van der Waals surface area (Å²) in [6.45, 7) is 3.12. The second-order valence-corrected chi connectivity index (χ2v) is 6.38. The van der Waals surface area contributed by atoms with Gasteiger partial charge < -0.3 is 5.11 Å². The van der Waals surface area contributed by atoms with Crippen molar-refractivity contribution in [2.75, 3.05) is 6.54 Å². The highest BCUT2D eigenvalue weighted by molar-refractivity contribution is 7.89. The van der Waals surface area contributed by atoms with Gasteiger partial charge in [0.25, 0.3) is 0 Å². The molecule has 0 amide bonds. The number of carboxylic acid groups (broad SMARTS) is 1. The predicted molar refractivity (Wildman–Crippen MR) is 62.6 cm³/mol. The summed E-state index contributed by atoms with van der Waals surface area (Å²) in [7, 11) is -3.71. The average Bonchev–Trinajstić information content (AvgIpc) is 2.98. The van der Waals surface area contributed by atoms with Crippen LogP contribution in [-0.4, -0.2) is 36.2 Å². The molecule has 1 heterocycles. The Morgan fingerprint density at radius 2 is 2.11 bits per heavy atom. The molecule has 0 atom stereocenters. The van der Waals surface area contributed by atoms with E-state index in [4.69, 9.17) is 5.11 Å². The van der Waals surface area contributed by atoms with Crippen LogP contribution in [0.2, 0.25) is 0 Å². The van der Waals surface area contributed by atoms with Gasteiger partial charge in [0.1, 0.15) is 4.90 Å². The van der Waals surface area contributed by atoms with Gasteiger partial charge in [0.2, 0.25) is 10.0 Å². The second-order valence-electron chi connectivity index (χ2n) is 4.67. The molecule has 0 radical (unpaired) electrons. The fraction of sp³-hybridized carbons (Fsp3) is 0.600. The average molecular weight is 273 g/mol. The highest BCUT2D eigenvalue weighted by Gasteiger charge is 2.50. The van der Waals surface area contributed by atoms with Crippen LogP contribution in [-0.2, 0) is 14.8 Å². The van der Waals surface area contributed by atoms with E-state index in [9.17, 15) is 13.2 Å². The molecule has 8 heteroatoms. The first-order valence-electron chi connectivity index (χ1n) is 5.53. The second kappa shape index (κ2) is 4.06. The van der Waals surface area contributed by atoms with E-state index in [0.717, 1.165) is 0 Å². The monoisotopic (exact) mass is 273 g/mol. The first-order chi connectivity index (χ1) is 8.28. The molecule has 1 aliphatic carbocycles. The van der Waals surface area contributed by atoms with Crippen LogP contribution in [0.5, 0.6) is 0 Å². The number of hydrogen-bond acceptors (Lipinski definition) is 4. The van der Waals surface area contributed by atoms with Crippen LogP contribution in [0.25, 0.3) is 0 Å². The van der Waals surface area contributed by atoms with Crippen molar-refractivity contribution in [3.8, 4) is 0 Å².